The number of aromatic carboxylic acids is 1. The summed E-state index contributed by atoms with van der Waals surface area (Å²) in [4.78, 5) is 13.2. The van der Waals surface area contributed by atoms with E-state index >= 15 is 0 Å². The van der Waals surface area contributed by atoms with Crippen LogP contribution in [0.3, 0.4) is 0 Å². The summed E-state index contributed by atoms with van der Waals surface area (Å²) in [5.41, 5.74) is 2.81. The highest BCUT2D eigenvalue weighted by Gasteiger charge is 2.25. The van der Waals surface area contributed by atoms with Crippen LogP contribution < -0.4 is 0 Å². The molecule has 0 amide bonds. The number of benzene rings is 1. The van der Waals surface area contributed by atoms with Crippen LogP contribution in [-0.4, -0.2) is 22.5 Å². The van der Waals surface area contributed by atoms with Crippen LogP contribution in [0.2, 0.25) is 0 Å². The van der Waals surface area contributed by atoms with Crippen molar-refractivity contribution in [2.75, 3.05) is 6.54 Å². The van der Waals surface area contributed by atoms with Crippen molar-refractivity contribution in [1.29, 1.82) is 0 Å². The molecule has 0 spiro atoms. The number of carboxylic acids is 1. The lowest BCUT2D eigenvalue weighted by Crippen LogP contribution is -2.19. The molecule has 1 unspecified atom stereocenters. The first kappa shape index (κ1) is 10.2. The third-order valence-electron chi connectivity index (χ3n) is 3.17. The maximum absolute atomic E-state index is 10.8. The van der Waals surface area contributed by atoms with Gasteiger partial charge in [-0.3, -0.25) is 4.90 Å². The first-order valence-corrected chi connectivity index (χ1v) is 5.23. The van der Waals surface area contributed by atoms with E-state index in [2.05, 4.69) is 18.7 Å². The third-order valence-corrected chi connectivity index (χ3v) is 3.17. The van der Waals surface area contributed by atoms with Crippen LogP contribution in [0.4, 0.5) is 0 Å². The third kappa shape index (κ3) is 1.63. The van der Waals surface area contributed by atoms with Gasteiger partial charge in [-0.1, -0.05) is 13.0 Å². The summed E-state index contributed by atoms with van der Waals surface area (Å²) in [5, 5.41) is 8.91. The van der Waals surface area contributed by atoms with Crippen molar-refractivity contribution < 1.29 is 9.90 Å². The van der Waals surface area contributed by atoms with Crippen molar-refractivity contribution in [3.05, 3.63) is 34.9 Å². The van der Waals surface area contributed by atoms with Crippen LogP contribution in [0, 0.1) is 0 Å². The van der Waals surface area contributed by atoms with Gasteiger partial charge < -0.3 is 5.11 Å². The van der Waals surface area contributed by atoms with Crippen LogP contribution in [-0.2, 0) is 6.54 Å². The molecule has 0 saturated heterocycles. The number of carboxylic acid groups (broad SMARTS) is 1. The molecule has 0 aliphatic carbocycles. The number of hydrogen-bond donors (Lipinski definition) is 1. The fourth-order valence-electron chi connectivity index (χ4n) is 2.20. The van der Waals surface area contributed by atoms with Crippen LogP contribution >= 0.6 is 0 Å². The van der Waals surface area contributed by atoms with E-state index in [1.165, 1.54) is 5.56 Å². The Balaban J connectivity index is 2.39. The van der Waals surface area contributed by atoms with Gasteiger partial charge in [0.15, 0.2) is 0 Å². The normalized spacial score (nSPS) is 20.3. The zero-order valence-electron chi connectivity index (χ0n) is 9.03. The highest BCUT2D eigenvalue weighted by atomic mass is 16.4. The standard InChI is InChI=1S/C12H15NO2/c1-3-13-7-10-5-4-9(12(14)15)6-11(10)8(13)2/h4-6,8H,3,7H2,1-2H3,(H,14,15). The average Bonchev–Trinajstić information content (AvgIpc) is 2.55. The van der Waals surface area contributed by atoms with E-state index in [1.807, 2.05) is 6.07 Å². The zero-order valence-corrected chi connectivity index (χ0v) is 9.03. The summed E-state index contributed by atoms with van der Waals surface area (Å²) >= 11 is 0. The lowest BCUT2D eigenvalue weighted by atomic mass is 10.0. The van der Waals surface area contributed by atoms with Crippen LogP contribution in [0.1, 0.15) is 41.4 Å². The van der Waals surface area contributed by atoms with Gasteiger partial charge in [0, 0.05) is 12.6 Å². The second-order valence-corrected chi connectivity index (χ2v) is 3.96. The average molecular weight is 205 g/mol. The highest BCUT2D eigenvalue weighted by Crippen LogP contribution is 2.33. The molecule has 1 aliphatic rings. The Morgan fingerprint density at radius 2 is 2.33 bits per heavy atom. The summed E-state index contributed by atoms with van der Waals surface area (Å²) in [6, 6.07) is 5.76. The Morgan fingerprint density at radius 3 is 2.93 bits per heavy atom. The fourth-order valence-corrected chi connectivity index (χ4v) is 2.20. The Labute approximate surface area is 89.3 Å². The van der Waals surface area contributed by atoms with Gasteiger partial charge in [-0.05, 0) is 36.7 Å². The first-order chi connectivity index (χ1) is 7.13. The van der Waals surface area contributed by atoms with Crippen molar-refractivity contribution in [2.24, 2.45) is 0 Å². The smallest absolute Gasteiger partial charge is 0.335 e. The van der Waals surface area contributed by atoms with E-state index in [1.54, 1.807) is 12.1 Å². The number of rotatable bonds is 2. The Bertz CT molecular complexity index is 401. The molecule has 1 N–H and O–H groups in total. The van der Waals surface area contributed by atoms with E-state index in [0.717, 1.165) is 18.7 Å². The summed E-state index contributed by atoms with van der Waals surface area (Å²) in [6.07, 6.45) is 0. The zero-order chi connectivity index (χ0) is 11.0. The number of carbonyl (C=O) groups is 1. The maximum atomic E-state index is 10.8. The quantitative estimate of drug-likeness (QED) is 0.805. The van der Waals surface area contributed by atoms with Crippen LogP contribution in [0.15, 0.2) is 18.2 Å². The first-order valence-electron chi connectivity index (χ1n) is 5.23. The Hall–Kier alpha value is -1.35. The lowest BCUT2D eigenvalue weighted by molar-refractivity contribution is 0.0696. The van der Waals surface area contributed by atoms with Gasteiger partial charge >= 0.3 is 5.97 Å². The van der Waals surface area contributed by atoms with E-state index in [9.17, 15) is 4.79 Å². The Kier molecular flexibility index (Phi) is 2.49. The van der Waals surface area contributed by atoms with E-state index in [0.29, 0.717) is 11.6 Å². The maximum Gasteiger partial charge on any atom is 0.335 e. The molecule has 0 bridgehead atoms. The summed E-state index contributed by atoms with van der Waals surface area (Å²) in [7, 11) is 0. The van der Waals surface area contributed by atoms with E-state index < -0.39 is 5.97 Å². The monoisotopic (exact) mass is 205 g/mol. The van der Waals surface area contributed by atoms with Gasteiger partial charge in [0.25, 0.3) is 0 Å². The molecule has 1 aliphatic heterocycles. The lowest BCUT2D eigenvalue weighted by Gasteiger charge is -2.18. The molecular weight excluding hydrogens is 190 g/mol. The second kappa shape index (κ2) is 3.66. The molecule has 2 rings (SSSR count). The summed E-state index contributed by atoms with van der Waals surface area (Å²) in [6.45, 7) is 6.19. The molecule has 1 aromatic rings. The van der Waals surface area contributed by atoms with Crippen molar-refractivity contribution in [3.63, 3.8) is 0 Å². The molecule has 1 atom stereocenters. The van der Waals surface area contributed by atoms with Gasteiger partial charge in [0.1, 0.15) is 0 Å². The molecule has 3 heteroatoms. The summed E-state index contributed by atoms with van der Waals surface area (Å²) in [5.74, 6) is -0.847. The van der Waals surface area contributed by atoms with Crippen molar-refractivity contribution in [2.45, 2.75) is 26.4 Å². The van der Waals surface area contributed by atoms with Gasteiger partial charge in [-0.15, -0.1) is 0 Å². The molecule has 1 heterocycles. The predicted octanol–water partition coefficient (Wildman–Crippen LogP) is 2.28. The SMILES string of the molecule is CCN1Cc2ccc(C(=O)O)cc2C1C. The van der Waals surface area contributed by atoms with Crippen LogP contribution in [0.5, 0.6) is 0 Å². The van der Waals surface area contributed by atoms with E-state index in [4.69, 9.17) is 5.11 Å². The summed E-state index contributed by atoms with van der Waals surface area (Å²) < 4.78 is 0. The van der Waals surface area contributed by atoms with E-state index in [-0.39, 0.29) is 0 Å². The van der Waals surface area contributed by atoms with Crippen molar-refractivity contribution >= 4 is 5.97 Å². The molecule has 0 radical (unpaired) electrons. The number of fused-ring (bicyclic) bond motifs is 1. The molecule has 0 fully saturated rings. The van der Waals surface area contributed by atoms with Crippen LogP contribution in [0.25, 0.3) is 0 Å². The van der Waals surface area contributed by atoms with Crippen molar-refractivity contribution in [1.82, 2.24) is 4.90 Å². The molecule has 0 saturated carbocycles. The van der Waals surface area contributed by atoms with Gasteiger partial charge in [0.05, 0.1) is 5.56 Å². The second-order valence-electron chi connectivity index (χ2n) is 3.96. The van der Waals surface area contributed by atoms with Crippen molar-refractivity contribution in [3.8, 4) is 0 Å². The minimum absolute atomic E-state index is 0.337. The molecule has 0 aromatic heterocycles. The van der Waals surface area contributed by atoms with Gasteiger partial charge in [-0.25, -0.2) is 4.79 Å². The number of nitrogens with zero attached hydrogens (tertiary/aromatic N) is 1. The minimum atomic E-state index is -0.847. The highest BCUT2D eigenvalue weighted by molar-refractivity contribution is 5.88. The molecule has 80 valence electrons. The van der Waals surface area contributed by atoms with Gasteiger partial charge in [-0.2, -0.15) is 0 Å². The predicted molar refractivity (Wildman–Crippen MR) is 57.9 cm³/mol. The topological polar surface area (TPSA) is 40.5 Å². The molecule has 15 heavy (non-hydrogen) atoms. The Morgan fingerprint density at radius 1 is 1.60 bits per heavy atom. The molecule has 3 nitrogen and oxygen atoms in total. The minimum Gasteiger partial charge on any atom is -0.478 e. The fraction of sp³-hybridized carbons (Fsp3) is 0.417. The molecular formula is C12H15NO2. The molecule has 1 aromatic carbocycles. The largest absolute Gasteiger partial charge is 0.478 e. The van der Waals surface area contributed by atoms with Gasteiger partial charge in [0.2, 0.25) is 0 Å². The number of hydrogen-bond acceptors (Lipinski definition) is 2.